The van der Waals surface area contributed by atoms with Gasteiger partial charge in [-0.2, -0.15) is 0 Å². The summed E-state index contributed by atoms with van der Waals surface area (Å²) >= 11 is 0. The van der Waals surface area contributed by atoms with Crippen molar-refractivity contribution in [1.82, 2.24) is 10.6 Å². The first-order chi connectivity index (χ1) is 7.86. The third-order valence-corrected chi connectivity index (χ3v) is 2.54. The summed E-state index contributed by atoms with van der Waals surface area (Å²) in [5.41, 5.74) is 0.923. The number of aliphatic imine (C=N–C) groups is 1. The van der Waals surface area contributed by atoms with Gasteiger partial charge >= 0.3 is 0 Å². The van der Waals surface area contributed by atoms with Crippen LogP contribution in [0.15, 0.2) is 35.3 Å². The maximum atomic E-state index is 9.91. The first kappa shape index (κ1) is 11.0. The van der Waals surface area contributed by atoms with Crippen LogP contribution in [-0.2, 0) is 0 Å². The van der Waals surface area contributed by atoms with E-state index in [1.54, 1.807) is 0 Å². The molecule has 1 aliphatic heterocycles. The second-order valence-corrected chi connectivity index (χ2v) is 3.82. The topological polar surface area (TPSA) is 56.6 Å². The highest BCUT2D eigenvalue weighted by Gasteiger charge is 2.08. The SMILES string of the molecule is OC(CNC1=NCCCN1)c1ccccc1. The van der Waals surface area contributed by atoms with Crippen LogP contribution in [0.5, 0.6) is 0 Å². The molecule has 4 nitrogen and oxygen atoms in total. The van der Waals surface area contributed by atoms with Crippen molar-refractivity contribution in [2.24, 2.45) is 4.99 Å². The van der Waals surface area contributed by atoms with Crippen LogP contribution >= 0.6 is 0 Å². The van der Waals surface area contributed by atoms with Crippen LogP contribution in [0.25, 0.3) is 0 Å². The molecular formula is C12H17N3O. The molecule has 3 N–H and O–H groups in total. The first-order valence-corrected chi connectivity index (χ1v) is 5.61. The molecule has 1 aromatic rings. The average molecular weight is 219 g/mol. The molecule has 4 heteroatoms. The smallest absolute Gasteiger partial charge is 0.191 e. The monoisotopic (exact) mass is 219 g/mol. The molecule has 16 heavy (non-hydrogen) atoms. The van der Waals surface area contributed by atoms with E-state index in [1.807, 2.05) is 30.3 Å². The molecule has 0 saturated carbocycles. The second-order valence-electron chi connectivity index (χ2n) is 3.82. The summed E-state index contributed by atoms with van der Waals surface area (Å²) in [5.74, 6) is 0.793. The van der Waals surface area contributed by atoms with Gasteiger partial charge in [-0.15, -0.1) is 0 Å². The van der Waals surface area contributed by atoms with Gasteiger partial charge in [-0.1, -0.05) is 30.3 Å². The van der Waals surface area contributed by atoms with Crippen molar-refractivity contribution in [2.75, 3.05) is 19.6 Å². The van der Waals surface area contributed by atoms with E-state index in [1.165, 1.54) is 0 Å². The number of aliphatic hydroxyl groups excluding tert-OH is 1. The molecule has 0 aromatic heterocycles. The molecular weight excluding hydrogens is 202 g/mol. The van der Waals surface area contributed by atoms with Gasteiger partial charge < -0.3 is 15.7 Å². The van der Waals surface area contributed by atoms with Crippen LogP contribution in [0, 0.1) is 0 Å². The zero-order chi connectivity index (χ0) is 11.2. The second kappa shape index (κ2) is 5.51. The minimum Gasteiger partial charge on any atom is -0.387 e. The highest BCUT2D eigenvalue weighted by Crippen LogP contribution is 2.10. The van der Waals surface area contributed by atoms with E-state index in [9.17, 15) is 5.11 Å². The van der Waals surface area contributed by atoms with Crippen molar-refractivity contribution < 1.29 is 5.11 Å². The fourth-order valence-electron chi connectivity index (χ4n) is 1.64. The van der Waals surface area contributed by atoms with Gasteiger partial charge in [0.25, 0.3) is 0 Å². The largest absolute Gasteiger partial charge is 0.387 e. The predicted molar refractivity (Wildman–Crippen MR) is 64.3 cm³/mol. The predicted octanol–water partition coefficient (Wildman–Crippen LogP) is 0.659. The van der Waals surface area contributed by atoms with Crippen molar-refractivity contribution in [3.8, 4) is 0 Å². The van der Waals surface area contributed by atoms with Gasteiger partial charge in [0.15, 0.2) is 5.96 Å². The Labute approximate surface area is 95.4 Å². The third kappa shape index (κ3) is 2.97. The van der Waals surface area contributed by atoms with Crippen molar-refractivity contribution in [1.29, 1.82) is 0 Å². The molecule has 1 aliphatic rings. The van der Waals surface area contributed by atoms with Crippen LogP contribution in [0.3, 0.4) is 0 Å². The van der Waals surface area contributed by atoms with Crippen molar-refractivity contribution in [2.45, 2.75) is 12.5 Å². The lowest BCUT2D eigenvalue weighted by Crippen LogP contribution is -2.42. The fraction of sp³-hybridized carbons (Fsp3) is 0.417. The minimum absolute atomic E-state index is 0.482. The lowest BCUT2D eigenvalue weighted by atomic mass is 10.1. The van der Waals surface area contributed by atoms with Crippen LogP contribution in [0.2, 0.25) is 0 Å². The number of guanidine groups is 1. The Hall–Kier alpha value is -1.55. The van der Waals surface area contributed by atoms with Crippen LogP contribution in [-0.4, -0.2) is 30.7 Å². The average Bonchev–Trinajstić information content (AvgIpc) is 2.38. The normalized spacial score (nSPS) is 17.2. The summed E-state index contributed by atoms with van der Waals surface area (Å²) in [5, 5.41) is 16.2. The molecule has 0 radical (unpaired) electrons. The standard InChI is InChI=1S/C12H17N3O/c16-11(10-5-2-1-3-6-10)9-15-12-13-7-4-8-14-12/h1-3,5-6,11,16H,4,7-9H2,(H2,13,14,15). The summed E-state index contributed by atoms with van der Waals surface area (Å²) in [6.07, 6.45) is 0.583. The fourth-order valence-corrected chi connectivity index (χ4v) is 1.64. The number of aliphatic hydroxyl groups is 1. The van der Waals surface area contributed by atoms with Gasteiger partial charge in [0.2, 0.25) is 0 Å². The molecule has 0 bridgehead atoms. The number of hydrogen-bond donors (Lipinski definition) is 3. The highest BCUT2D eigenvalue weighted by atomic mass is 16.3. The van der Waals surface area contributed by atoms with E-state index < -0.39 is 6.10 Å². The molecule has 2 rings (SSSR count). The molecule has 86 valence electrons. The third-order valence-electron chi connectivity index (χ3n) is 2.54. The van der Waals surface area contributed by atoms with E-state index >= 15 is 0 Å². The van der Waals surface area contributed by atoms with Gasteiger partial charge in [0, 0.05) is 19.6 Å². The zero-order valence-corrected chi connectivity index (χ0v) is 9.19. The number of rotatable bonds is 3. The molecule has 0 spiro atoms. The minimum atomic E-state index is -0.493. The zero-order valence-electron chi connectivity index (χ0n) is 9.19. The lowest BCUT2D eigenvalue weighted by Gasteiger charge is -2.18. The molecule has 1 heterocycles. The van der Waals surface area contributed by atoms with Gasteiger partial charge in [-0.3, -0.25) is 4.99 Å². The molecule has 0 saturated heterocycles. The van der Waals surface area contributed by atoms with E-state index in [2.05, 4.69) is 15.6 Å². The Morgan fingerprint density at radius 1 is 1.38 bits per heavy atom. The van der Waals surface area contributed by atoms with E-state index in [-0.39, 0.29) is 0 Å². The number of nitrogens with zero attached hydrogens (tertiary/aromatic N) is 1. The van der Waals surface area contributed by atoms with Crippen LogP contribution in [0.1, 0.15) is 18.1 Å². The Morgan fingerprint density at radius 3 is 2.88 bits per heavy atom. The Bertz CT molecular complexity index is 351. The van der Waals surface area contributed by atoms with E-state index in [0.717, 1.165) is 31.0 Å². The Morgan fingerprint density at radius 2 is 2.19 bits per heavy atom. The van der Waals surface area contributed by atoms with Gasteiger partial charge in [-0.25, -0.2) is 0 Å². The maximum absolute atomic E-state index is 9.91. The first-order valence-electron chi connectivity index (χ1n) is 5.61. The number of hydrogen-bond acceptors (Lipinski definition) is 4. The van der Waals surface area contributed by atoms with Crippen LogP contribution in [0.4, 0.5) is 0 Å². The highest BCUT2D eigenvalue weighted by molar-refractivity contribution is 5.80. The summed E-state index contributed by atoms with van der Waals surface area (Å²) < 4.78 is 0. The van der Waals surface area contributed by atoms with Crippen LogP contribution < -0.4 is 10.6 Å². The van der Waals surface area contributed by atoms with Gasteiger partial charge in [0.05, 0.1) is 6.10 Å². The molecule has 1 unspecified atom stereocenters. The van der Waals surface area contributed by atoms with E-state index in [0.29, 0.717) is 6.54 Å². The summed E-state index contributed by atoms with van der Waals surface area (Å²) in [7, 11) is 0. The molecule has 0 fully saturated rings. The number of nitrogens with one attached hydrogen (secondary N) is 2. The quantitative estimate of drug-likeness (QED) is 0.700. The Balaban J connectivity index is 1.84. The Kier molecular flexibility index (Phi) is 3.77. The van der Waals surface area contributed by atoms with Crippen molar-refractivity contribution in [3.05, 3.63) is 35.9 Å². The lowest BCUT2D eigenvalue weighted by molar-refractivity contribution is 0.180. The molecule has 0 aliphatic carbocycles. The van der Waals surface area contributed by atoms with Crippen molar-refractivity contribution >= 4 is 5.96 Å². The molecule has 1 atom stereocenters. The number of benzene rings is 1. The maximum Gasteiger partial charge on any atom is 0.191 e. The molecule has 1 aromatic carbocycles. The van der Waals surface area contributed by atoms with Gasteiger partial charge in [-0.05, 0) is 12.0 Å². The molecule has 0 amide bonds. The van der Waals surface area contributed by atoms with Gasteiger partial charge in [0.1, 0.15) is 0 Å². The summed E-state index contributed by atoms with van der Waals surface area (Å²) in [4.78, 5) is 4.28. The van der Waals surface area contributed by atoms with Crippen molar-refractivity contribution in [3.63, 3.8) is 0 Å². The van der Waals surface area contributed by atoms with E-state index in [4.69, 9.17) is 0 Å². The summed E-state index contributed by atoms with van der Waals surface area (Å²) in [6, 6.07) is 9.63. The summed E-state index contributed by atoms with van der Waals surface area (Å²) in [6.45, 7) is 2.29.